The van der Waals surface area contributed by atoms with Crippen molar-refractivity contribution in [2.75, 3.05) is 5.32 Å². The number of nitrogens with one attached hydrogen (secondary N) is 3. The molecule has 0 bridgehead atoms. The van der Waals surface area contributed by atoms with Crippen molar-refractivity contribution < 1.29 is 4.39 Å². The molecule has 11 heteroatoms. The van der Waals surface area contributed by atoms with Crippen LogP contribution in [0.1, 0.15) is 19.5 Å². The van der Waals surface area contributed by atoms with Crippen molar-refractivity contribution in [3.05, 3.63) is 61.1 Å². The number of pyridine rings is 3. The van der Waals surface area contributed by atoms with E-state index in [1.165, 1.54) is 0 Å². The summed E-state index contributed by atoms with van der Waals surface area (Å²) in [6.45, 7) is 5.96. The minimum atomic E-state index is -0.501. The van der Waals surface area contributed by atoms with Gasteiger partial charge in [-0.25, -0.2) is 14.4 Å². The van der Waals surface area contributed by atoms with Crippen LogP contribution in [0.3, 0.4) is 0 Å². The van der Waals surface area contributed by atoms with Crippen molar-refractivity contribution in [1.29, 1.82) is 0 Å². The lowest BCUT2D eigenvalue weighted by Crippen LogP contribution is -2.09. The fourth-order valence-electron chi connectivity index (χ4n) is 4.10. The lowest BCUT2D eigenvalue weighted by atomic mass is 10.1. The summed E-state index contributed by atoms with van der Waals surface area (Å²) in [5.41, 5.74) is 5.37. The third-order valence-electron chi connectivity index (χ3n) is 5.60. The molecule has 0 spiro atoms. The first-order valence-corrected chi connectivity index (χ1v) is 11.1. The van der Waals surface area contributed by atoms with Crippen LogP contribution in [0.4, 0.5) is 10.1 Å². The lowest BCUT2D eigenvalue weighted by Gasteiger charge is -2.11. The molecule has 35 heavy (non-hydrogen) atoms. The first-order valence-electron chi connectivity index (χ1n) is 11.1. The number of hydrogen-bond acceptors (Lipinski definition) is 7. The number of H-pyrrole nitrogens is 2. The van der Waals surface area contributed by atoms with Gasteiger partial charge in [-0.1, -0.05) is 0 Å². The maximum absolute atomic E-state index is 15.9. The van der Waals surface area contributed by atoms with E-state index in [1.54, 1.807) is 37.3 Å². The molecular formula is C24H21FN10. The molecule has 6 aromatic heterocycles. The van der Waals surface area contributed by atoms with Gasteiger partial charge in [0.1, 0.15) is 16.9 Å². The van der Waals surface area contributed by atoms with E-state index >= 15 is 4.39 Å². The van der Waals surface area contributed by atoms with Gasteiger partial charge in [0, 0.05) is 30.2 Å². The smallest absolute Gasteiger partial charge is 0.161 e. The minimum Gasteiger partial charge on any atom is -0.382 e. The van der Waals surface area contributed by atoms with Gasteiger partial charge in [-0.15, -0.1) is 0 Å². The van der Waals surface area contributed by atoms with Gasteiger partial charge in [0.05, 0.1) is 58.4 Å². The van der Waals surface area contributed by atoms with Crippen LogP contribution >= 0.6 is 0 Å². The Bertz CT molecular complexity index is 1690. The van der Waals surface area contributed by atoms with E-state index in [2.05, 4.69) is 40.4 Å². The Morgan fingerprint density at radius 3 is 2.66 bits per heavy atom. The van der Waals surface area contributed by atoms with Crippen LogP contribution in [0, 0.1) is 12.7 Å². The number of halogens is 1. The Kier molecular flexibility index (Phi) is 4.76. The van der Waals surface area contributed by atoms with Crippen LogP contribution in [0.2, 0.25) is 0 Å². The summed E-state index contributed by atoms with van der Waals surface area (Å²) in [4.78, 5) is 25.1. The number of hydrogen-bond donors (Lipinski definition) is 3. The molecule has 0 fully saturated rings. The van der Waals surface area contributed by atoms with E-state index in [0.717, 1.165) is 17.1 Å². The van der Waals surface area contributed by atoms with Gasteiger partial charge in [-0.2, -0.15) is 5.10 Å². The molecule has 0 aromatic carbocycles. The van der Waals surface area contributed by atoms with Crippen LogP contribution in [-0.4, -0.2) is 50.7 Å². The molecule has 6 aromatic rings. The predicted octanol–water partition coefficient (Wildman–Crippen LogP) is 4.41. The second-order valence-electron chi connectivity index (χ2n) is 8.61. The summed E-state index contributed by atoms with van der Waals surface area (Å²) in [6, 6.07) is 2.04. The maximum Gasteiger partial charge on any atom is 0.161 e. The standard InChI is InChI=1S/C24H21FN10/c1-12(2)30-15-4-14(5-26-6-15)21-20(25)19-16(8-28-21)33-34-23(19)24-31-17-7-27-9-18(22(17)32-24)35-10-13(3)29-11-35/h4-12,30H,1-3H3,(H,31,32)(H,33,34). The van der Waals surface area contributed by atoms with E-state index in [9.17, 15) is 0 Å². The molecule has 3 N–H and O–H groups in total. The maximum atomic E-state index is 15.9. The zero-order valence-electron chi connectivity index (χ0n) is 19.2. The van der Waals surface area contributed by atoms with Crippen molar-refractivity contribution in [1.82, 2.24) is 44.7 Å². The Labute approximate surface area is 198 Å². The van der Waals surface area contributed by atoms with Gasteiger partial charge >= 0.3 is 0 Å². The van der Waals surface area contributed by atoms with Gasteiger partial charge in [0.2, 0.25) is 0 Å². The van der Waals surface area contributed by atoms with Crippen LogP contribution in [-0.2, 0) is 0 Å². The molecule has 6 heterocycles. The van der Waals surface area contributed by atoms with Crippen molar-refractivity contribution in [3.8, 4) is 28.5 Å². The number of fused-ring (bicyclic) bond motifs is 2. The molecule has 0 radical (unpaired) electrons. The van der Waals surface area contributed by atoms with Gasteiger partial charge < -0.3 is 14.9 Å². The molecule has 0 aliphatic rings. The number of aromatic nitrogens is 9. The number of imidazole rings is 2. The fraction of sp³-hybridized carbons (Fsp3) is 0.167. The van der Waals surface area contributed by atoms with Crippen molar-refractivity contribution in [2.24, 2.45) is 0 Å². The van der Waals surface area contributed by atoms with Crippen LogP contribution in [0.25, 0.3) is 50.4 Å². The number of rotatable bonds is 5. The van der Waals surface area contributed by atoms with Crippen molar-refractivity contribution in [3.63, 3.8) is 0 Å². The second kappa shape index (κ2) is 7.97. The van der Waals surface area contributed by atoms with E-state index < -0.39 is 5.82 Å². The average molecular weight is 469 g/mol. The largest absolute Gasteiger partial charge is 0.382 e. The summed E-state index contributed by atoms with van der Waals surface area (Å²) in [5.74, 6) is -0.0828. The van der Waals surface area contributed by atoms with E-state index in [0.29, 0.717) is 39.0 Å². The quantitative estimate of drug-likeness (QED) is 0.342. The molecule has 0 aliphatic heterocycles. The number of anilines is 1. The summed E-state index contributed by atoms with van der Waals surface area (Å²) in [6.07, 6.45) is 11.8. The number of aryl methyl sites for hydroxylation is 1. The molecule has 6 rings (SSSR count). The van der Waals surface area contributed by atoms with Crippen LogP contribution in [0.5, 0.6) is 0 Å². The van der Waals surface area contributed by atoms with Gasteiger partial charge in [0.15, 0.2) is 11.6 Å². The average Bonchev–Trinajstić information content (AvgIpc) is 3.56. The van der Waals surface area contributed by atoms with Crippen molar-refractivity contribution in [2.45, 2.75) is 26.8 Å². The topological polar surface area (TPSA) is 126 Å². The molecule has 0 amide bonds. The molecule has 10 nitrogen and oxygen atoms in total. The third-order valence-corrected chi connectivity index (χ3v) is 5.60. The van der Waals surface area contributed by atoms with E-state index in [1.807, 2.05) is 37.6 Å². The molecule has 0 atom stereocenters. The highest BCUT2D eigenvalue weighted by Gasteiger charge is 2.21. The normalized spacial score (nSPS) is 11.7. The monoisotopic (exact) mass is 468 g/mol. The third kappa shape index (κ3) is 3.57. The second-order valence-corrected chi connectivity index (χ2v) is 8.61. The van der Waals surface area contributed by atoms with Crippen LogP contribution in [0.15, 0.2) is 49.6 Å². The summed E-state index contributed by atoms with van der Waals surface area (Å²) in [5, 5.41) is 10.8. The number of aromatic amines is 2. The zero-order valence-corrected chi connectivity index (χ0v) is 19.2. The Hall–Kier alpha value is -4.67. The zero-order chi connectivity index (χ0) is 24.1. The Morgan fingerprint density at radius 2 is 1.86 bits per heavy atom. The SMILES string of the molecule is Cc1cn(-c2cncc3[nH]c(-c4n[nH]c5cnc(-c6cncc(NC(C)C)c6)c(F)c45)nc23)cn1. The first-order chi connectivity index (χ1) is 17.0. The summed E-state index contributed by atoms with van der Waals surface area (Å²) >= 11 is 0. The molecule has 174 valence electrons. The lowest BCUT2D eigenvalue weighted by molar-refractivity contribution is 0.638. The first kappa shape index (κ1) is 20.9. The van der Waals surface area contributed by atoms with Crippen molar-refractivity contribution >= 4 is 27.6 Å². The highest BCUT2D eigenvalue weighted by atomic mass is 19.1. The van der Waals surface area contributed by atoms with Crippen LogP contribution < -0.4 is 5.32 Å². The van der Waals surface area contributed by atoms with E-state index in [4.69, 9.17) is 4.98 Å². The molecule has 0 aliphatic carbocycles. The fourth-order valence-corrected chi connectivity index (χ4v) is 4.10. The molecule has 0 saturated heterocycles. The number of nitrogens with zero attached hydrogens (tertiary/aromatic N) is 7. The summed E-state index contributed by atoms with van der Waals surface area (Å²) in [7, 11) is 0. The highest BCUT2D eigenvalue weighted by molar-refractivity contribution is 5.96. The molecule has 0 unspecified atom stereocenters. The van der Waals surface area contributed by atoms with Gasteiger partial charge in [0.25, 0.3) is 0 Å². The predicted molar refractivity (Wildman–Crippen MR) is 131 cm³/mol. The summed E-state index contributed by atoms with van der Waals surface area (Å²) < 4.78 is 17.7. The van der Waals surface area contributed by atoms with E-state index in [-0.39, 0.29) is 11.7 Å². The minimum absolute atomic E-state index is 0.187. The van der Waals surface area contributed by atoms with Gasteiger partial charge in [-0.3, -0.25) is 20.1 Å². The highest BCUT2D eigenvalue weighted by Crippen LogP contribution is 2.33. The molecular weight excluding hydrogens is 447 g/mol. The Balaban J connectivity index is 1.49. The Morgan fingerprint density at radius 1 is 1.00 bits per heavy atom. The molecule has 0 saturated carbocycles. The van der Waals surface area contributed by atoms with Gasteiger partial charge in [-0.05, 0) is 26.8 Å².